The Kier molecular flexibility index (Phi) is 3.82. The second kappa shape index (κ2) is 6.88. The molecule has 156 valence electrons. The molecule has 33 heavy (non-hydrogen) atoms. The van der Waals surface area contributed by atoms with E-state index in [4.69, 9.17) is 4.98 Å². The Morgan fingerprint density at radius 2 is 1.39 bits per heavy atom. The highest BCUT2D eigenvalue weighted by Gasteiger charge is 2.23. The maximum atomic E-state index is 13.7. The van der Waals surface area contributed by atoms with Crippen LogP contribution in [-0.2, 0) is 6.42 Å². The van der Waals surface area contributed by atoms with Crippen molar-refractivity contribution in [3.63, 3.8) is 0 Å². The van der Waals surface area contributed by atoms with E-state index in [1.165, 1.54) is 11.1 Å². The molecule has 2 heterocycles. The molecule has 0 fully saturated rings. The lowest BCUT2D eigenvalue weighted by molar-refractivity contribution is 0.908. The van der Waals surface area contributed by atoms with E-state index in [0.29, 0.717) is 0 Å². The molecule has 0 radical (unpaired) electrons. The summed E-state index contributed by atoms with van der Waals surface area (Å²) in [6.45, 7) is 0. The van der Waals surface area contributed by atoms with Crippen LogP contribution in [0.2, 0.25) is 0 Å². The van der Waals surface area contributed by atoms with Crippen LogP contribution >= 0.6 is 0 Å². The molecule has 0 saturated heterocycles. The van der Waals surface area contributed by atoms with Crippen LogP contribution in [0.3, 0.4) is 0 Å². The van der Waals surface area contributed by atoms with E-state index >= 15 is 0 Å². The van der Waals surface area contributed by atoms with Crippen LogP contribution in [-0.4, -0.2) is 9.38 Å². The van der Waals surface area contributed by atoms with E-state index in [-0.39, 0.29) is 5.56 Å². The van der Waals surface area contributed by atoms with Crippen molar-refractivity contribution in [2.24, 2.45) is 0 Å². The number of aromatic nitrogens is 2. The quantitative estimate of drug-likeness (QED) is 0.314. The summed E-state index contributed by atoms with van der Waals surface area (Å²) < 4.78 is 1.85. The Labute approximate surface area is 190 Å². The average molecular weight is 425 g/mol. The smallest absolute Gasteiger partial charge is 0.264 e. The Hall–Kier alpha value is -4.24. The first-order chi connectivity index (χ1) is 16.3. The zero-order valence-electron chi connectivity index (χ0n) is 18.0. The van der Waals surface area contributed by atoms with Crippen LogP contribution in [0.15, 0.2) is 95.8 Å². The summed E-state index contributed by atoms with van der Waals surface area (Å²) in [4.78, 5) is 18.7. The van der Waals surface area contributed by atoms with Gasteiger partial charge in [-0.05, 0) is 52.6 Å². The maximum Gasteiger partial charge on any atom is 0.264 e. The number of nitrogens with zero attached hydrogens (tertiary/aromatic N) is 2. The van der Waals surface area contributed by atoms with E-state index in [1.807, 2.05) is 34.7 Å². The molecule has 7 rings (SSSR count). The van der Waals surface area contributed by atoms with E-state index in [0.717, 1.165) is 62.5 Å². The standard InChI is InChI=1S/C30H20N2O/c33-30-25-16-15-22(20-10-5-2-6-11-20)23-12-7-13-24(28(23)25)29-31-26-18-21(14-17-27(26)32(29)30)19-8-3-1-4-9-19/h1-13,15-16,18H,14,17H2. The fraction of sp³-hybridized carbons (Fsp3) is 0.0667. The molecule has 0 N–H and O–H groups in total. The molecule has 1 aliphatic carbocycles. The van der Waals surface area contributed by atoms with Gasteiger partial charge in [0.2, 0.25) is 0 Å². The molecule has 0 atom stereocenters. The SMILES string of the molecule is O=c1c2ccc(-c3ccccc3)c3cccc(c32)c2nc3c(n12)CCC(c1ccccc1)=C3. The maximum absolute atomic E-state index is 13.7. The molecule has 0 saturated carbocycles. The number of pyridine rings is 1. The Balaban J connectivity index is 1.55. The molecule has 0 unspecified atom stereocenters. The van der Waals surface area contributed by atoms with Gasteiger partial charge in [0.05, 0.1) is 11.4 Å². The van der Waals surface area contributed by atoms with Crippen molar-refractivity contribution in [3.05, 3.63) is 118 Å². The zero-order valence-corrected chi connectivity index (χ0v) is 18.0. The summed E-state index contributed by atoms with van der Waals surface area (Å²) in [5.41, 5.74) is 7.50. The van der Waals surface area contributed by atoms with Crippen LogP contribution in [0.1, 0.15) is 23.4 Å². The van der Waals surface area contributed by atoms with E-state index in [9.17, 15) is 4.79 Å². The number of hydrogen-bond donors (Lipinski definition) is 0. The number of aryl methyl sites for hydroxylation is 1. The minimum absolute atomic E-state index is 0.0265. The van der Waals surface area contributed by atoms with E-state index in [2.05, 4.69) is 66.7 Å². The summed E-state index contributed by atoms with van der Waals surface area (Å²) in [7, 11) is 0. The minimum Gasteiger partial charge on any atom is -0.268 e. The molecule has 0 spiro atoms. The third-order valence-corrected chi connectivity index (χ3v) is 6.89. The summed E-state index contributed by atoms with van der Waals surface area (Å²) in [6, 6.07) is 31.1. The van der Waals surface area contributed by atoms with Gasteiger partial charge in [-0.15, -0.1) is 0 Å². The molecule has 2 aromatic heterocycles. The molecule has 4 aromatic carbocycles. The van der Waals surface area contributed by atoms with Crippen molar-refractivity contribution in [2.75, 3.05) is 0 Å². The monoisotopic (exact) mass is 424 g/mol. The third-order valence-electron chi connectivity index (χ3n) is 6.89. The fourth-order valence-electron chi connectivity index (χ4n) is 5.36. The number of rotatable bonds is 2. The zero-order chi connectivity index (χ0) is 21.9. The second-order valence-electron chi connectivity index (χ2n) is 8.70. The molecule has 3 heteroatoms. The summed E-state index contributed by atoms with van der Waals surface area (Å²) in [6.07, 6.45) is 3.87. The van der Waals surface area contributed by atoms with Crippen LogP contribution in [0, 0.1) is 0 Å². The highest BCUT2D eigenvalue weighted by Crippen LogP contribution is 2.37. The van der Waals surface area contributed by atoms with Crippen molar-refractivity contribution in [2.45, 2.75) is 12.8 Å². The van der Waals surface area contributed by atoms with Crippen molar-refractivity contribution in [1.29, 1.82) is 0 Å². The number of fused-ring (bicyclic) bond motifs is 4. The number of allylic oxidation sites excluding steroid dienone is 1. The fourth-order valence-corrected chi connectivity index (χ4v) is 5.36. The molecule has 0 bridgehead atoms. The lowest BCUT2D eigenvalue weighted by Crippen LogP contribution is -2.17. The molecular weight excluding hydrogens is 404 g/mol. The number of imidazole rings is 1. The van der Waals surface area contributed by atoms with Gasteiger partial charge in [-0.3, -0.25) is 9.20 Å². The van der Waals surface area contributed by atoms with Crippen LogP contribution in [0.25, 0.3) is 50.0 Å². The van der Waals surface area contributed by atoms with Gasteiger partial charge in [-0.1, -0.05) is 84.9 Å². The van der Waals surface area contributed by atoms with Gasteiger partial charge in [-0.25, -0.2) is 4.98 Å². The Morgan fingerprint density at radius 3 is 2.18 bits per heavy atom. The van der Waals surface area contributed by atoms with Gasteiger partial charge in [0.25, 0.3) is 5.56 Å². The first-order valence-electron chi connectivity index (χ1n) is 11.3. The molecule has 3 nitrogen and oxygen atoms in total. The van der Waals surface area contributed by atoms with Gasteiger partial charge in [-0.2, -0.15) is 0 Å². The average Bonchev–Trinajstić information content (AvgIpc) is 3.27. The van der Waals surface area contributed by atoms with E-state index < -0.39 is 0 Å². The predicted molar refractivity (Wildman–Crippen MR) is 136 cm³/mol. The molecule has 1 aliphatic rings. The van der Waals surface area contributed by atoms with Crippen LogP contribution < -0.4 is 5.56 Å². The van der Waals surface area contributed by atoms with Gasteiger partial charge in [0.1, 0.15) is 5.65 Å². The Bertz CT molecular complexity index is 1760. The number of hydrogen-bond acceptors (Lipinski definition) is 2. The van der Waals surface area contributed by atoms with Crippen molar-refractivity contribution in [3.8, 4) is 11.1 Å². The lowest BCUT2D eigenvalue weighted by Gasteiger charge is -2.14. The molecule has 6 aromatic rings. The van der Waals surface area contributed by atoms with Crippen molar-refractivity contribution < 1.29 is 0 Å². The summed E-state index contributed by atoms with van der Waals surface area (Å²) >= 11 is 0. The van der Waals surface area contributed by atoms with Crippen LogP contribution in [0.5, 0.6) is 0 Å². The second-order valence-corrected chi connectivity index (χ2v) is 8.70. The summed E-state index contributed by atoms with van der Waals surface area (Å²) in [5.74, 6) is 0. The molecule has 0 amide bonds. The van der Waals surface area contributed by atoms with Gasteiger partial charge < -0.3 is 0 Å². The van der Waals surface area contributed by atoms with Crippen molar-refractivity contribution >= 4 is 38.8 Å². The largest absolute Gasteiger partial charge is 0.268 e. The number of benzene rings is 4. The molecular formula is C30H20N2O. The van der Waals surface area contributed by atoms with Crippen molar-refractivity contribution in [1.82, 2.24) is 9.38 Å². The van der Waals surface area contributed by atoms with Gasteiger partial charge >= 0.3 is 0 Å². The van der Waals surface area contributed by atoms with Gasteiger partial charge in [0, 0.05) is 16.2 Å². The normalized spacial score (nSPS) is 13.5. The predicted octanol–water partition coefficient (Wildman–Crippen LogP) is 6.59. The highest BCUT2D eigenvalue weighted by atomic mass is 16.1. The Morgan fingerprint density at radius 1 is 0.667 bits per heavy atom. The molecule has 0 aliphatic heterocycles. The minimum atomic E-state index is 0.0265. The first-order valence-corrected chi connectivity index (χ1v) is 11.3. The topological polar surface area (TPSA) is 34.4 Å². The highest BCUT2D eigenvalue weighted by molar-refractivity contribution is 6.18. The lowest BCUT2D eigenvalue weighted by atomic mass is 9.93. The third kappa shape index (κ3) is 2.63. The summed E-state index contributed by atoms with van der Waals surface area (Å²) in [5, 5.41) is 3.89. The van der Waals surface area contributed by atoms with Gasteiger partial charge in [0.15, 0.2) is 0 Å². The van der Waals surface area contributed by atoms with Crippen LogP contribution in [0.4, 0.5) is 0 Å². The first kappa shape index (κ1) is 18.3. The van der Waals surface area contributed by atoms with E-state index in [1.54, 1.807) is 0 Å².